The zero-order chi connectivity index (χ0) is 37.3. The van der Waals surface area contributed by atoms with Gasteiger partial charge in [-0.05, 0) is 101 Å². The van der Waals surface area contributed by atoms with E-state index in [9.17, 15) is 0 Å². The minimum Gasteiger partial charge on any atom is -0.311 e. The molecule has 1 nitrogen and oxygen atoms in total. The molecule has 9 aromatic rings. The van der Waals surface area contributed by atoms with Crippen LogP contribution in [-0.4, -0.2) is 8.07 Å². The molecule has 10 rings (SSSR count). The summed E-state index contributed by atoms with van der Waals surface area (Å²) >= 11 is 0. The van der Waals surface area contributed by atoms with Crippen molar-refractivity contribution in [1.29, 1.82) is 0 Å². The maximum atomic E-state index is 2.39. The molecule has 0 saturated heterocycles. The van der Waals surface area contributed by atoms with Crippen LogP contribution in [-0.2, 0) is 0 Å². The summed E-state index contributed by atoms with van der Waals surface area (Å²) in [6.07, 6.45) is 4.45. The fourth-order valence-corrected chi connectivity index (χ4v) is 13.5. The zero-order valence-electron chi connectivity index (χ0n) is 31.0. The van der Waals surface area contributed by atoms with Crippen LogP contribution in [0, 0.1) is 0 Å². The highest BCUT2D eigenvalue weighted by Gasteiger charge is 2.41. The summed E-state index contributed by atoms with van der Waals surface area (Å²) in [6.45, 7) is 0. The van der Waals surface area contributed by atoms with Gasteiger partial charge in [0.25, 0.3) is 0 Å². The summed E-state index contributed by atoms with van der Waals surface area (Å²) in [5, 5.41) is 8.09. The average molecular weight is 730 g/mol. The average Bonchev–Trinajstić information content (AvgIpc) is 3.71. The van der Waals surface area contributed by atoms with Gasteiger partial charge in [0.1, 0.15) is 0 Å². The molecule has 0 unspecified atom stereocenters. The lowest BCUT2D eigenvalue weighted by atomic mass is 9.94. The van der Waals surface area contributed by atoms with E-state index in [1.165, 1.54) is 64.9 Å². The Morgan fingerprint density at radius 3 is 1.21 bits per heavy atom. The molecule has 1 aliphatic carbocycles. The van der Waals surface area contributed by atoms with Crippen molar-refractivity contribution in [3.63, 3.8) is 0 Å². The van der Waals surface area contributed by atoms with Gasteiger partial charge in [0, 0.05) is 17.1 Å². The third-order valence-electron chi connectivity index (χ3n) is 11.4. The molecule has 2 heteroatoms. The minimum atomic E-state index is -2.66. The normalized spacial score (nSPS) is 11.9. The summed E-state index contributed by atoms with van der Waals surface area (Å²) < 4.78 is 0. The summed E-state index contributed by atoms with van der Waals surface area (Å²) in [5.74, 6) is 0. The standard InChI is InChI=1S/C54H39NSi/c1-5-14-40(15-6-1)41-26-31-45(32-27-41)55(46-33-28-42(29-34-46)52-39-30-44-25-24-43-16-13-23-53(52)54(43)44)47-35-37-51(38-36-47)56(48-17-7-2-8-18-48,49-19-9-3-10-20-49)50-21-11-4-12-22-50/h1-39H. The first kappa shape index (κ1) is 33.6. The van der Waals surface area contributed by atoms with Gasteiger partial charge in [-0.3, -0.25) is 0 Å². The molecule has 0 spiro atoms. The first-order chi connectivity index (χ1) is 27.8. The molecule has 1 aliphatic rings. The monoisotopic (exact) mass is 729 g/mol. The zero-order valence-corrected chi connectivity index (χ0v) is 32.0. The lowest BCUT2D eigenvalue weighted by Gasteiger charge is -2.35. The molecule has 0 atom stereocenters. The van der Waals surface area contributed by atoms with Crippen LogP contribution < -0.4 is 25.6 Å². The van der Waals surface area contributed by atoms with Crippen LogP contribution in [0.2, 0.25) is 0 Å². The van der Waals surface area contributed by atoms with E-state index in [1.807, 2.05) is 0 Å². The predicted molar refractivity (Wildman–Crippen MR) is 242 cm³/mol. The Bertz CT molecular complexity index is 2690. The van der Waals surface area contributed by atoms with Crippen molar-refractivity contribution in [2.75, 3.05) is 4.90 Å². The van der Waals surface area contributed by atoms with Gasteiger partial charge in [0.15, 0.2) is 8.07 Å². The van der Waals surface area contributed by atoms with E-state index in [2.05, 4.69) is 242 Å². The van der Waals surface area contributed by atoms with Crippen LogP contribution in [0.3, 0.4) is 0 Å². The third kappa shape index (κ3) is 5.79. The van der Waals surface area contributed by atoms with Crippen molar-refractivity contribution in [3.05, 3.63) is 236 Å². The number of hydrogen-bond acceptors (Lipinski definition) is 1. The van der Waals surface area contributed by atoms with Gasteiger partial charge in [-0.15, -0.1) is 0 Å². The highest BCUT2D eigenvalue weighted by Crippen LogP contribution is 2.40. The van der Waals surface area contributed by atoms with E-state index < -0.39 is 8.07 Å². The van der Waals surface area contributed by atoms with E-state index in [1.54, 1.807) is 0 Å². The minimum absolute atomic E-state index is 1.11. The lowest BCUT2D eigenvalue weighted by Crippen LogP contribution is -2.74. The van der Waals surface area contributed by atoms with Gasteiger partial charge in [0.05, 0.1) is 0 Å². The van der Waals surface area contributed by atoms with E-state index in [0.717, 1.165) is 17.1 Å². The van der Waals surface area contributed by atoms with Gasteiger partial charge < -0.3 is 4.90 Å². The van der Waals surface area contributed by atoms with Gasteiger partial charge in [0.2, 0.25) is 0 Å². The van der Waals surface area contributed by atoms with Crippen LogP contribution in [0.25, 0.3) is 45.2 Å². The van der Waals surface area contributed by atoms with E-state index in [4.69, 9.17) is 0 Å². The topological polar surface area (TPSA) is 3.24 Å². The van der Waals surface area contributed by atoms with E-state index >= 15 is 0 Å². The van der Waals surface area contributed by atoms with Crippen molar-refractivity contribution in [2.45, 2.75) is 0 Å². The number of benzene rings is 9. The quantitative estimate of drug-likeness (QED) is 0.106. The van der Waals surface area contributed by atoms with Crippen LogP contribution in [0.15, 0.2) is 224 Å². The first-order valence-electron chi connectivity index (χ1n) is 19.3. The predicted octanol–water partition coefficient (Wildman–Crippen LogP) is 11.5. The molecule has 0 aromatic heterocycles. The van der Waals surface area contributed by atoms with Gasteiger partial charge in [-0.25, -0.2) is 0 Å². The molecule has 0 saturated carbocycles. The van der Waals surface area contributed by atoms with Crippen LogP contribution in [0.1, 0.15) is 11.1 Å². The summed E-state index contributed by atoms with van der Waals surface area (Å²) in [6, 6.07) is 82.6. The Morgan fingerprint density at radius 1 is 0.286 bits per heavy atom. The highest BCUT2D eigenvalue weighted by atomic mass is 28.3. The lowest BCUT2D eigenvalue weighted by molar-refractivity contribution is 1.28. The molecule has 264 valence electrons. The molecule has 0 aliphatic heterocycles. The van der Waals surface area contributed by atoms with Crippen molar-refractivity contribution in [1.82, 2.24) is 0 Å². The first-order valence-corrected chi connectivity index (χ1v) is 21.3. The Kier molecular flexibility index (Phi) is 8.59. The number of nitrogens with zero attached hydrogens (tertiary/aromatic N) is 1. The number of anilines is 3. The van der Waals surface area contributed by atoms with Crippen LogP contribution in [0.4, 0.5) is 17.1 Å². The van der Waals surface area contributed by atoms with Gasteiger partial charge >= 0.3 is 0 Å². The SMILES string of the molecule is C1=Cc2ccc(-c3ccc(N(c4ccc(-c5ccccc5)cc4)c4ccc([Si](c5ccccc5)(c5ccccc5)c5ccccc5)cc4)cc3)c3cccc1c23. The molecule has 0 radical (unpaired) electrons. The second-order valence-electron chi connectivity index (χ2n) is 14.5. The van der Waals surface area contributed by atoms with Crippen molar-refractivity contribution in [2.24, 2.45) is 0 Å². The highest BCUT2D eigenvalue weighted by molar-refractivity contribution is 7.19. The Balaban J connectivity index is 1.10. The largest absolute Gasteiger partial charge is 0.311 e. The molecule has 0 N–H and O–H groups in total. The fourth-order valence-electron chi connectivity index (χ4n) is 8.77. The summed E-state index contributed by atoms with van der Waals surface area (Å²) in [5.41, 5.74) is 10.8. The van der Waals surface area contributed by atoms with Crippen LogP contribution >= 0.6 is 0 Å². The maximum Gasteiger partial charge on any atom is 0.179 e. The fraction of sp³-hybridized carbons (Fsp3) is 0. The molecular weight excluding hydrogens is 691 g/mol. The molecular formula is C54H39NSi. The molecule has 0 heterocycles. The van der Waals surface area contributed by atoms with Crippen molar-refractivity contribution >= 4 is 68.8 Å². The third-order valence-corrected chi connectivity index (χ3v) is 16.2. The van der Waals surface area contributed by atoms with Gasteiger partial charge in [-0.2, -0.15) is 0 Å². The second kappa shape index (κ2) is 14.3. The smallest absolute Gasteiger partial charge is 0.179 e. The van der Waals surface area contributed by atoms with E-state index in [0.29, 0.717) is 0 Å². The summed E-state index contributed by atoms with van der Waals surface area (Å²) in [7, 11) is -2.66. The molecule has 0 bridgehead atoms. The van der Waals surface area contributed by atoms with Crippen molar-refractivity contribution in [3.8, 4) is 22.3 Å². The second-order valence-corrected chi connectivity index (χ2v) is 18.3. The van der Waals surface area contributed by atoms with Crippen LogP contribution in [0.5, 0.6) is 0 Å². The molecule has 9 aromatic carbocycles. The molecule has 56 heavy (non-hydrogen) atoms. The summed E-state index contributed by atoms with van der Waals surface area (Å²) in [4.78, 5) is 2.39. The molecule has 0 fully saturated rings. The van der Waals surface area contributed by atoms with Crippen molar-refractivity contribution < 1.29 is 0 Å². The Morgan fingerprint density at radius 2 is 0.696 bits per heavy atom. The number of rotatable bonds is 9. The Hall–Kier alpha value is -7.00. The molecule has 0 amide bonds. The Labute approximate surface area is 330 Å². The maximum absolute atomic E-state index is 2.66. The number of hydrogen-bond donors (Lipinski definition) is 0. The van der Waals surface area contributed by atoms with Gasteiger partial charge in [-0.1, -0.05) is 200 Å². The van der Waals surface area contributed by atoms with E-state index in [-0.39, 0.29) is 0 Å².